The minimum Gasteiger partial charge on any atom is -0.467 e. The Labute approximate surface area is 128 Å². The number of hydrogen-bond donors (Lipinski definition) is 1. The van der Waals surface area contributed by atoms with Crippen LogP contribution >= 0.6 is 0 Å². The van der Waals surface area contributed by atoms with Crippen LogP contribution in [0, 0.1) is 6.92 Å². The molecule has 0 aliphatic carbocycles. The first kappa shape index (κ1) is 14.1. The van der Waals surface area contributed by atoms with Gasteiger partial charge in [0.05, 0.1) is 12.8 Å². The van der Waals surface area contributed by atoms with E-state index in [0.717, 1.165) is 28.3 Å². The minimum absolute atomic E-state index is 0.345. The molecule has 1 aromatic carbocycles. The molecule has 0 amide bonds. The van der Waals surface area contributed by atoms with Crippen molar-refractivity contribution < 1.29 is 4.74 Å². The normalized spacial score (nSPS) is 10.5. The lowest BCUT2D eigenvalue weighted by molar-refractivity contribution is 0.380. The molecule has 0 aliphatic rings. The van der Waals surface area contributed by atoms with E-state index in [4.69, 9.17) is 9.84 Å². The maximum atomic E-state index is 4.99. The van der Waals surface area contributed by atoms with Crippen LogP contribution in [-0.2, 0) is 0 Å². The molecule has 0 bridgehead atoms. The van der Waals surface area contributed by atoms with E-state index in [2.05, 4.69) is 15.3 Å². The summed E-state index contributed by atoms with van der Waals surface area (Å²) in [4.78, 5) is 8.30. The molecular weight excluding hydrogens is 278 g/mol. The van der Waals surface area contributed by atoms with Gasteiger partial charge in [-0.3, -0.25) is 0 Å². The summed E-state index contributed by atoms with van der Waals surface area (Å²) >= 11 is 0. The Morgan fingerprint density at radius 2 is 1.77 bits per heavy atom. The van der Waals surface area contributed by atoms with Gasteiger partial charge in [0.15, 0.2) is 0 Å². The minimum atomic E-state index is 0.345. The Kier molecular flexibility index (Phi) is 3.74. The molecule has 0 fully saturated rings. The highest BCUT2D eigenvalue weighted by Gasteiger charge is 2.16. The van der Waals surface area contributed by atoms with Gasteiger partial charge >= 0.3 is 6.01 Å². The quantitative estimate of drug-likeness (QED) is 0.801. The van der Waals surface area contributed by atoms with E-state index in [0.29, 0.717) is 6.01 Å². The summed E-state index contributed by atoms with van der Waals surface area (Å²) in [7, 11) is 3.43. The number of nitrogens with one attached hydrogen (secondary N) is 1. The molecule has 0 aliphatic heterocycles. The number of rotatable bonds is 4. The van der Waals surface area contributed by atoms with Crippen LogP contribution in [0.3, 0.4) is 0 Å². The number of methoxy groups -OCH3 is 1. The van der Waals surface area contributed by atoms with Crippen molar-refractivity contribution in [2.45, 2.75) is 6.92 Å². The molecule has 0 spiro atoms. The van der Waals surface area contributed by atoms with Crippen molar-refractivity contribution in [3.05, 3.63) is 48.3 Å². The summed E-state index contributed by atoms with van der Waals surface area (Å²) in [6.45, 7) is 2.03. The van der Waals surface area contributed by atoms with Crippen molar-refractivity contribution in [2.75, 3.05) is 19.5 Å². The summed E-state index contributed by atoms with van der Waals surface area (Å²) < 4.78 is 6.88. The van der Waals surface area contributed by atoms with Crippen LogP contribution in [0.1, 0.15) is 5.56 Å². The van der Waals surface area contributed by atoms with Crippen LogP contribution in [0.4, 0.5) is 5.82 Å². The largest absolute Gasteiger partial charge is 0.467 e. The third kappa shape index (κ3) is 2.39. The van der Waals surface area contributed by atoms with Gasteiger partial charge in [-0.1, -0.05) is 18.2 Å². The van der Waals surface area contributed by atoms with E-state index in [9.17, 15) is 0 Å². The molecule has 2 aromatic heterocycles. The van der Waals surface area contributed by atoms with Crippen molar-refractivity contribution in [1.82, 2.24) is 19.7 Å². The molecule has 1 N–H and O–H groups in total. The second-order valence-electron chi connectivity index (χ2n) is 4.78. The third-order valence-electron chi connectivity index (χ3n) is 3.44. The highest BCUT2D eigenvalue weighted by atomic mass is 16.5. The molecule has 3 rings (SSSR count). The smallest absolute Gasteiger partial charge is 0.316 e. The third-order valence-corrected chi connectivity index (χ3v) is 3.44. The predicted octanol–water partition coefficient (Wildman–Crippen LogP) is 2.69. The van der Waals surface area contributed by atoms with Gasteiger partial charge < -0.3 is 10.1 Å². The van der Waals surface area contributed by atoms with Crippen LogP contribution in [0.15, 0.2) is 42.7 Å². The number of benzene rings is 1. The summed E-state index contributed by atoms with van der Waals surface area (Å²) in [5, 5.41) is 7.92. The Bertz CT molecular complexity index is 765. The van der Waals surface area contributed by atoms with E-state index >= 15 is 0 Å². The second-order valence-corrected chi connectivity index (χ2v) is 4.78. The Morgan fingerprint density at radius 1 is 1.09 bits per heavy atom. The first-order valence-electron chi connectivity index (χ1n) is 6.93. The lowest BCUT2D eigenvalue weighted by Gasteiger charge is -2.06. The molecule has 112 valence electrons. The van der Waals surface area contributed by atoms with Gasteiger partial charge in [-0.15, -0.1) is 0 Å². The van der Waals surface area contributed by atoms with E-state index < -0.39 is 0 Å². The van der Waals surface area contributed by atoms with Crippen molar-refractivity contribution in [1.29, 1.82) is 0 Å². The zero-order chi connectivity index (χ0) is 15.5. The fourth-order valence-corrected chi connectivity index (χ4v) is 2.36. The summed E-state index contributed by atoms with van der Waals surface area (Å²) in [5.74, 6) is 0.942. The topological polar surface area (TPSA) is 64.9 Å². The van der Waals surface area contributed by atoms with E-state index in [1.54, 1.807) is 19.5 Å². The maximum absolute atomic E-state index is 4.99. The number of hydrogen-bond acceptors (Lipinski definition) is 5. The first-order chi connectivity index (χ1) is 10.7. The van der Waals surface area contributed by atoms with E-state index in [1.807, 2.05) is 49.0 Å². The number of nitrogens with zero attached hydrogens (tertiary/aromatic N) is 4. The van der Waals surface area contributed by atoms with Crippen LogP contribution in [0.25, 0.3) is 16.9 Å². The zero-order valence-corrected chi connectivity index (χ0v) is 12.7. The van der Waals surface area contributed by atoms with Crippen LogP contribution in [0.5, 0.6) is 6.01 Å². The highest BCUT2D eigenvalue weighted by Crippen LogP contribution is 2.29. The SMILES string of the molecule is CNc1c(C)c(-c2cnc(OC)nc2)nn1-c1ccccc1. The second kappa shape index (κ2) is 5.85. The van der Waals surface area contributed by atoms with Crippen molar-refractivity contribution in [3.8, 4) is 23.0 Å². The molecule has 3 aromatic rings. The van der Waals surface area contributed by atoms with Crippen molar-refractivity contribution in [2.24, 2.45) is 0 Å². The average Bonchev–Trinajstić information content (AvgIpc) is 2.92. The summed E-state index contributed by atoms with van der Waals surface area (Å²) in [6, 6.07) is 10.3. The Morgan fingerprint density at radius 3 is 2.36 bits per heavy atom. The standard InChI is InChI=1S/C16H17N5O/c1-11-14(12-9-18-16(22-3)19-10-12)20-21(15(11)17-2)13-7-5-4-6-8-13/h4-10,17H,1-3H3. The van der Waals surface area contributed by atoms with Gasteiger partial charge in [0.1, 0.15) is 11.5 Å². The van der Waals surface area contributed by atoms with Gasteiger partial charge in [0.2, 0.25) is 0 Å². The van der Waals surface area contributed by atoms with E-state index in [1.165, 1.54) is 0 Å². The van der Waals surface area contributed by atoms with E-state index in [-0.39, 0.29) is 0 Å². The summed E-state index contributed by atoms with van der Waals surface area (Å²) in [6.07, 6.45) is 3.44. The van der Waals surface area contributed by atoms with Gasteiger partial charge in [0.25, 0.3) is 0 Å². The van der Waals surface area contributed by atoms with Crippen LogP contribution in [0.2, 0.25) is 0 Å². The maximum Gasteiger partial charge on any atom is 0.316 e. The van der Waals surface area contributed by atoms with Gasteiger partial charge in [-0.25, -0.2) is 14.6 Å². The van der Waals surface area contributed by atoms with Crippen LogP contribution < -0.4 is 10.1 Å². The molecular formula is C16H17N5O. The molecule has 0 atom stereocenters. The van der Waals surface area contributed by atoms with Gasteiger partial charge in [-0.05, 0) is 19.1 Å². The number of ether oxygens (including phenoxy) is 1. The van der Waals surface area contributed by atoms with Crippen molar-refractivity contribution in [3.63, 3.8) is 0 Å². The number of para-hydroxylation sites is 1. The molecule has 22 heavy (non-hydrogen) atoms. The molecule has 2 heterocycles. The summed E-state index contributed by atoms with van der Waals surface area (Å²) in [5.41, 5.74) is 3.73. The van der Waals surface area contributed by atoms with Gasteiger partial charge in [-0.2, -0.15) is 5.10 Å². The molecule has 0 unspecified atom stereocenters. The lowest BCUT2D eigenvalue weighted by atomic mass is 10.1. The molecule has 0 saturated heterocycles. The highest BCUT2D eigenvalue weighted by molar-refractivity contribution is 5.69. The van der Waals surface area contributed by atoms with Gasteiger partial charge in [0, 0.05) is 30.6 Å². The van der Waals surface area contributed by atoms with Crippen LogP contribution in [-0.4, -0.2) is 33.9 Å². The first-order valence-corrected chi connectivity index (χ1v) is 6.93. The fraction of sp³-hybridized carbons (Fsp3) is 0.188. The lowest BCUT2D eigenvalue weighted by Crippen LogP contribution is -2.02. The Balaban J connectivity index is 2.11. The van der Waals surface area contributed by atoms with Crippen molar-refractivity contribution >= 4 is 5.82 Å². The monoisotopic (exact) mass is 295 g/mol. The number of anilines is 1. The fourth-order valence-electron chi connectivity index (χ4n) is 2.36. The zero-order valence-electron chi connectivity index (χ0n) is 12.7. The predicted molar refractivity (Wildman–Crippen MR) is 85.4 cm³/mol. The molecule has 0 saturated carbocycles. The Hall–Kier alpha value is -2.89. The number of aromatic nitrogens is 4. The molecule has 6 heteroatoms. The average molecular weight is 295 g/mol. The molecule has 0 radical (unpaired) electrons. The molecule has 6 nitrogen and oxygen atoms in total.